The van der Waals surface area contributed by atoms with Gasteiger partial charge in [-0.2, -0.15) is 0 Å². The number of ether oxygens (including phenoxy) is 1. The van der Waals surface area contributed by atoms with E-state index in [0.29, 0.717) is 6.61 Å². The van der Waals surface area contributed by atoms with Gasteiger partial charge < -0.3 is 15.4 Å². The van der Waals surface area contributed by atoms with Crippen molar-refractivity contribution in [3.63, 3.8) is 0 Å². The highest BCUT2D eigenvalue weighted by atomic mass is 79.9. The molecule has 1 aliphatic rings. The van der Waals surface area contributed by atoms with Gasteiger partial charge >= 0.3 is 0 Å². The molecule has 1 saturated heterocycles. The van der Waals surface area contributed by atoms with Crippen molar-refractivity contribution in [2.75, 3.05) is 23.8 Å². The summed E-state index contributed by atoms with van der Waals surface area (Å²) in [6.45, 7) is 1.52. The monoisotopic (exact) mass is 382 g/mol. The molecular formula is C15H16BrClN4O. The van der Waals surface area contributed by atoms with Gasteiger partial charge in [-0.1, -0.05) is 27.5 Å². The van der Waals surface area contributed by atoms with Gasteiger partial charge in [0.05, 0.1) is 12.2 Å². The molecule has 22 heavy (non-hydrogen) atoms. The maximum Gasteiger partial charge on any atom is 0.173 e. The molecule has 3 rings (SSSR count). The van der Waals surface area contributed by atoms with Crippen LogP contribution in [0.1, 0.15) is 12.8 Å². The van der Waals surface area contributed by atoms with Crippen molar-refractivity contribution in [3.8, 4) is 5.75 Å². The zero-order chi connectivity index (χ0) is 15.5. The summed E-state index contributed by atoms with van der Waals surface area (Å²) < 4.78 is 6.92. The normalized spacial score (nSPS) is 17.7. The van der Waals surface area contributed by atoms with Crippen LogP contribution in [0.25, 0.3) is 0 Å². The smallest absolute Gasteiger partial charge is 0.173 e. The molecule has 1 aliphatic heterocycles. The van der Waals surface area contributed by atoms with E-state index in [1.165, 1.54) is 0 Å². The van der Waals surface area contributed by atoms with Gasteiger partial charge in [-0.05, 0) is 37.1 Å². The average Bonchev–Trinajstić information content (AvgIpc) is 2.98. The molecule has 7 heteroatoms. The van der Waals surface area contributed by atoms with Gasteiger partial charge in [-0.25, -0.2) is 9.97 Å². The largest absolute Gasteiger partial charge is 0.491 e. The minimum absolute atomic E-state index is 0.247. The first kappa shape index (κ1) is 15.4. The number of hydrogen-bond donors (Lipinski definition) is 1. The lowest BCUT2D eigenvalue weighted by atomic mass is 10.2. The molecule has 1 aromatic carbocycles. The highest BCUT2D eigenvalue weighted by molar-refractivity contribution is 9.10. The number of nitrogens with two attached hydrogens (primary N) is 1. The molecule has 0 unspecified atom stereocenters. The highest BCUT2D eigenvalue weighted by Crippen LogP contribution is 2.26. The molecule has 0 bridgehead atoms. The third-order valence-corrected chi connectivity index (χ3v) is 4.48. The van der Waals surface area contributed by atoms with E-state index in [-0.39, 0.29) is 17.0 Å². The van der Waals surface area contributed by atoms with Gasteiger partial charge in [0.2, 0.25) is 0 Å². The molecule has 0 radical (unpaired) electrons. The Morgan fingerprint density at radius 2 is 2.14 bits per heavy atom. The van der Waals surface area contributed by atoms with E-state index >= 15 is 0 Å². The molecule has 1 fully saturated rings. The van der Waals surface area contributed by atoms with Crippen molar-refractivity contribution in [1.29, 1.82) is 0 Å². The van der Waals surface area contributed by atoms with Crippen LogP contribution < -0.4 is 15.4 Å². The lowest BCUT2D eigenvalue weighted by molar-refractivity contribution is 0.288. The second kappa shape index (κ2) is 6.71. The van der Waals surface area contributed by atoms with E-state index < -0.39 is 0 Å². The molecule has 2 heterocycles. The number of nitrogens with zero attached hydrogens (tertiary/aromatic N) is 3. The van der Waals surface area contributed by atoms with Gasteiger partial charge in [0, 0.05) is 11.0 Å². The second-order valence-corrected chi connectivity index (χ2v) is 6.43. The van der Waals surface area contributed by atoms with Crippen LogP contribution in [0.5, 0.6) is 5.75 Å². The average molecular weight is 384 g/mol. The first-order chi connectivity index (χ1) is 10.6. The molecule has 2 N–H and O–H groups in total. The van der Waals surface area contributed by atoms with E-state index in [0.717, 1.165) is 35.4 Å². The number of nitrogen functional groups attached to an aromatic ring is 1. The molecule has 0 aliphatic carbocycles. The molecule has 0 spiro atoms. The van der Waals surface area contributed by atoms with Crippen LogP contribution >= 0.6 is 27.5 Å². The molecule has 5 nitrogen and oxygen atoms in total. The Hall–Kier alpha value is -1.53. The fourth-order valence-corrected chi connectivity index (χ4v) is 2.94. The zero-order valence-corrected chi connectivity index (χ0v) is 14.2. The predicted molar refractivity (Wildman–Crippen MR) is 91.5 cm³/mol. The van der Waals surface area contributed by atoms with Gasteiger partial charge in [-0.3, -0.25) is 0 Å². The first-order valence-corrected chi connectivity index (χ1v) is 8.23. The Morgan fingerprint density at radius 1 is 1.36 bits per heavy atom. The standard InChI is InChI=1S/C15H16BrClN4O/c16-10-3-5-12(6-4-10)22-9-11-2-1-7-21(11)13-8-19-15(18)14(17)20-13/h3-6,8,11H,1-2,7,9H2,(H2,18,19)/t11-/m0/s1. The number of hydrogen-bond acceptors (Lipinski definition) is 5. The Labute approximate surface area is 142 Å². The predicted octanol–water partition coefficient (Wildman–Crippen LogP) is 3.52. The van der Waals surface area contributed by atoms with Crippen molar-refractivity contribution in [1.82, 2.24) is 9.97 Å². The van der Waals surface area contributed by atoms with Crippen LogP contribution in [-0.4, -0.2) is 29.2 Å². The van der Waals surface area contributed by atoms with Crippen molar-refractivity contribution in [2.24, 2.45) is 0 Å². The van der Waals surface area contributed by atoms with E-state index in [4.69, 9.17) is 22.1 Å². The summed E-state index contributed by atoms with van der Waals surface area (Å²) in [5, 5.41) is 0.247. The highest BCUT2D eigenvalue weighted by Gasteiger charge is 2.27. The summed E-state index contributed by atoms with van der Waals surface area (Å²) in [4.78, 5) is 10.6. The Morgan fingerprint density at radius 3 is 2.86 bits per heavy atom. The Balaban J connectivity index is 1.67. The number of aromatic nitrogens is 2. The first-order valence-electron chi connectivity index (χ1n) is 7.06. The molecule has 0 amide bonds. The number of halogens is 2. The third kappa shape index (κ3) is 3.44. The minimum Gasteiger partial charge on any atom is -0.491 e. The van der Waals surface area contributed by atoms with Crippen LogP contribution in [0.2, 0.25) is 5.15 Å². The van der Waals surface area contributed by atoms with Gasteiger partial charge in [-0.15, -0.1) is 0 Å². The lowest BCUT2D eigenvalue weighted by Crippen LogP contribution is -2.35. The Kier molecular flexibility index (Phi) is 4.69. The summed E-state index contributed by atoms with van der Waals surface area (Å²) in [7, 11) is 0. The topological polar surface area (TPSA) is 64.3 Å². The van der Waals surface area contributed by atoms with Gasteiger partial charge in [0.1, 0.15) is 18.2 Å². The van der Waals surface area contributed by atoms with Crippen LogP contribution in [0.15, 0.2) is 34.9 Å². The van der Waals surface area contributed by atoms with Crippen molar-refractivity contribution in [3.05, 3.63) is 40.1 Å². The van der Waals surface area contributed by atoms with E-state index in [1.807, 2.05) is 24.3 Å². The molecule has 1 aromatic heterocycles. The molecule has 0 saturated carbocycles. The molecular weight excluding hydrogens is 368 g/mol. The second-order valence-electron chi connectivity index (χ2n) is 5.16. The summed E-state index contributed by atoms with van der Waals surface area (Å²) in [5.74, 6) is 1.87. The summed E-state index contributed by atoms with van der Waals surface area (Å²) in [6.07, 6.45) is 3.82. The fourth-order valence-electron chi connectivity index (χ4n) is 2.54. The summed E-state index contributed by atoms with van der Waals surface area (Å²) in [6, 6.07) is 8.09. The fraction of sp³-hybridized carbons (Fsp3) is 0.333. The number of anilines is 2. The van der Waals surface area contributed by atoms with Crippen LogP contribution in [-0.2, 0) is 0 Å². The third-order valence-electron chi connectivity index (χ3n) is 3.67. The zero-order valence-electron chi connectivity index (χ0n) is 11.9. The van der Waals surface area contributed by atoms with Crippen LogP contribution in [0, 0.1) is 0 Å². The van der Waals surface area contributed by atoms with E-state index in [1.54, 1.807) is 6.20 Å². The molecule has 2 aromatic rings. The summed E-state index contributed by atoms with van der Waals surface area (Å²) >= 11 is 9.38. The van der Waals surface area contributed by atoms with E-state index in [9.17, 15) is 0 Å². The lowest BCUT2D eigenvalue weighted by Gasteiger charge is -2.25. The van der Waals surface area contributed by atoms with Crippen molar-refractivity contribution in [2.45, 2.75) is 18.9 Å². The number of rotatable bonds is 4. The van der Waals surface area contributed by atoms with Gasteiger partial charge in [0.15, 0.2) is 11.0 Å². The van der Waals surface area contributed by atoms with Crippen molar-refractivity contribution < 1.29 is 4.74 Å². The SMILES string of the molecule is Nc1ncc(N2CCC[C@H]2COc2ccc(Br)cc2)nc1Cl. The number of benzene rings is 1. The molecule has 1 atom stereocenters. The van der Waals surface area contributed by atoms with Crippen molar-refractivity contribution >= 4 is 39.2 Å². The van der Waals surface area contributed by atoms with E-state index in [2.05, 4.69) is 30.8 Å². The van der Waals surface area contributed by atoms with Crippen LogP contribution in [0.4, 0.5) is 11.6 Å². The quantitative estimate of drug-likeness (QED) is 0.875. The maximum atomic E-state index is 5.97. The maximum absolute atomic E-state index is 5.97. The van der Waals surface area contributed by atoms with Crippen LogP contribution in [0.3, 0.4) is 0 Å². The molecule has 116 valence electrons. The van der Waals surface area contributed by atoms with Gasteiger partial charge in [0.25, 0.3) is 0 Å². The minimum atomic E-state index is 0.247. The Bertz CT molecular complexity index is 652. The summed E-state index contributed by atoms with van der Waals surface area (Å²) in [5.41, 5.74) is 5.62.